The van der Waals surface area contributed by atoms with Crippen LogP contribution in [0.25, 0.3) is 0 Å². The average Bonchev–Trinajstić information content (AvgIpc) is 2.80. The summed E-state index contributed by atoms with van der Waals surface area (Å²) in [5, 5.41) is 5.92. The number of aromatic nitrogens is 1. The molecule has 5 amide bonds. The summed E-state index contributed by atoms with van der Waals surface area (Å²) >= 11 is 0. The highest BCUT2D eigenvalue weighted by Crippen LogP contribution is 2.25. The van der Waals surface area contributed by atoms with Crippen molar-refractivity contribution in [3.8, 4) is 0 Å². The van der Waals surface area contributed by atoms with Crippen LogP contribution in [0.4, 0.5) is 10.5 Å². The largest absolute Gasteiger partial charge is 0.366 e. The fourth-order valence-electron chi connectivity index (χ4n) is 4.08. The number of nitrogens with zero attached hydrogens (tertiary/aromatic N) is 3. The summed E-state index contributed by atoms with van der Waals surface area (Å²) in [6, 6.07) is 9.98. The first-order valence-electron chi connectivity index (χ1n) is 10.4. The lowest BCUT2D eigenvalue weighted by Crippen LogP contribution is -2.70. The molecule has 1 aromatic heterocycles. The topological polar surface area (TPSA) is 138 Å². The highest BCUT2D eigenvalue weighted by molar-refractivity contribution is 6.03. The first-order valence-corrected chi connectivity index (χ1v) is 10.4. The highest BCUT2D eigenvalue weighted by atomic mass is 16.2. The summed E-state index contributed by atoms with van der Waals surface area (Å²) in [7, 11) is 0. The van der Waals surface area contributed by atoms with Crippen molar-refractivity contribution in [3.63, 3.8) is 0 Å². The molecule has 0 aliphatic carbocycles. The van der Waals surface area contributed by atoms with Crippen molar-refractivity contribution in [2.45, 2.75) is 31.5 Å². The predicted molar refractivity (Wildman–Crippen MR) is 115 cm³/mol. The van der Waals surface area contributed by atoms with Crippen LogP contribution >= 0.6 is 0 Å². The Morgan fingerprint density at radius 1 is 1.16 bits per heavy atom. The first kappa shape index (κ1) is 21.4. The third kappa shape index (κ3) is 4.45. The maximum Gasteiger partial charge on any atom is 0.327 e. The molecule has 3 heterocycles. The van der Waals surface area contributed by atoms with Crippen LogP contribution in [0, 0.1) is 0 Å². The Morgan fingerprint density at radius 3 is 2.62 bits per heavy atom. The number of amides is 5. The number of carbonyl (C=O) groups is 4. The summed E-state index contributed by atoms with van der Waals surface area (Å²) in [4.78, 5) is 57.0. The van der Waals surface area contributed by atoms with Crippen molar-refractivity contribution in [1.82, 2.24) is 20.1 Å². The van der Waals surface area contributed by atoms with E-state index in [1.807, 2.05) is 0 Å². The molecule has 0 spiro atoms. The van der Waals surface area contributed by atoms with Gasteiger partial charge in [0, 0.05) is 17.4 Å². The Morgan fingerprint density at radius 2 is 1.94 bits per heavy atom. The van der Waals surface area contributed by atoms with Crippen molar-refractivity contribution in [2.24, 2.45) is 5.73 Å². The molecule has 1 aromatic carbocycles. The summed E-state index contributed by atoms with van der Waals surface area (Å²) in [5.41, 5.74) is 6.62. The van der Waals surface area contributed by atoms with Gasteiger partial charge in [-0.1, -0.05) is 6.07 Å². The van der Waals surface area contributed by atoms with Crippen LogP contribution < -0.4 is 16.4 Å². The van der Waals surface area contributed by atoms with E-state index in [2.05, 4.69) is 15.6 Å². The van der Waals surface area contributed by atoms with Crippen LogP contribution in [0.3, 0.4) is 0 Å². The minimum Gasteiger partial charge on any atom is -0.366 e. The number of carbonyl (C=O) groups excluding carboxylic acids is 4. The van der Waals surface area contributed by atoms with Gasteiger partial charge in [0.1, 0.15) is 12.6 Å². The maximum absolute atomic E-state index is 13.2. The minimum absolute atomic E-state index is 0.0378. The second-order valence-electron chi connectivity index (χ2n) is 7.79. The number of urea groups is 1. The molecular weight excluding hydrogens is 412 g/mol. The summed E-state index contributed by atoms with van der Waals surface area (Å²) < 4.78 is 0. The van der Waals surface area contributed by atoms with Gasteiger partial charge in [0.05, 0.1) is 18.3 Å². The molecule has 2 aromatic rings. The number of piperidine rings is 1. The standard InChI is InChI=1S/C22H24N6O4/c23-20(30)14-6-8-15(9-7-14)26-18(29)13-27-17-5-3-11-25-19(17)21(31)28(22(27)32)12-16-4-1-2-10-24-16/h1-2,4,6-10,17,19,25H,3,5,11-13H2,(H2,23,30)(H,26,29). The van der Waals surface area contributed by atoms with Crippen LogP contribution in [-0.2, 0) is 16.1 Å². The van der Waals surface area contributed by atoms with Gasteiger partial charge in [-0.25, -0.2) is 4.79 Å². The van der Waals surface area contributed by atoms with Gasteiger partial charge < -0.3 is 21.3 Å². The number of rotatable bonds is 6. The number of nitrogens with two attached hydrogens (primary N) is 1. The maximum atomic E-state index is 13.2. The number of benzene rings is 1. The Bertz CT molecular complexity index is 1030. The van der Waals surface area contributed by atoms with E-state index < -0.39 is 29.9 Å². The van der Waals surface area contributed by atoms with Crippen LogP contribution in [0.5, 0.6) is 0 Å². The van der Waals surface area contributed by atoms with Crippen molar-refractivity contribution in [2.75, 3.05) is 18.4 Å². The number of nitrogens with one attached hydrogen (secondary N) is 2. The van der Waals surface area contributed by atoms with Gasteiger partial charge in [-0.3, -0.25) is 24.3 Å². The molecule has 2 saturated heterocycles. The number of hydrogen-bond donors (Lipinski definition) is 3. The van der Waals surface area contributed by atoms with Gasteiger partial charge in [-0.2, -0.15) is 0 Å². The van der Waals surface area contributed by atoms with E-state index in [-0.39, 0.29) is 19.0 Å². The zero-order chi connectivity index (χ0) is 22.7. The lowest BCUT2D eigenvalue weighted by atomic mass is 9.93. The van der Waals surface area contributed by atoms with Crippen LogP contribution in [0.15, 0.2) is 48.7 Å². The van der Waals surface area contributed by atoms with E-state index in [4.69, 9.17) is 5.73 Å². The molecule has 2 atom stereocenters. The SMILES string of the molecule is NC(=O)c1ccc(NC(=O)CN2C(=O)N(Cc3ccccn3)C(=O)C3NCCCC32)cc1. The van der Waals surface area contributed by atoms with E-state index in [0.717, 1.165) is 11.3 Å². The van der Waals surface area contributed by atoms with Crippen LogP contribution in [0.2, 0.25) is 0 Å². The van der Waals surface area contributed by atoms with Crippen molar-refractivity contribution < 1.29 is 19.2 Å². The lowest BCUT2D eigenvalue weighted by Gasteiger charge is -2.46. The molecule has 10 nitrogen and oxygen atoms in total. The highest BCUT2D eigenvalue weighted by Gasteiger charge is 2.47. The quantitative estimate of drug-likeness (QED) is 0.610. The number of primary amides is 1. The molecule has 4 N–H and O–H groups in total. The number of pyridine rings is 1. The third-order valence-corrected chi connectivity index (χ3v) is 5.65. The molecule has 4 rings (SSSR count). The molecule has 0 saturated carbocycles. The third-order valence-electron chi connectivity index (χ3n) is 5.65. The molecule has 32 heavy (non-hydrogen) atoms. The molecule has 2 aliphatic rings. The van der Waals surface area contributed by atoms with Crippen LogP contribution in [0.1, 0.15) is 28.9 Å². The summed E-state index contributed by atoms with van der Waals surface area (Å²) in [6.07, 6.45) is 3.03. The van der Waals surface area contributed by atoms with Gasteiger partial charge in [-0.05, 0) is 55.8 Å². The zero-order valence-electron chi connectivity index (χ0n) is 17.4. The second kappa shape index (κ2) is 9.15. The van der Waals surface area contributed by atoms with Gasteiger partial charge in [0.15, 0.2) is 0 Å². The Labute approximate surface area is 184 Å². The van der Waals surface area contributed by atoms with Gasteiger partial charge in [0.2, 0.25) is 17.7 Å². The number of fused-ring (bicyclic) bond motifs is 1. The fraction of sp³-hybridized carbons (Fsp3) is 0.318. The molecular formula is C22H24N6O4. The van der Waals surface area contributed by atoms with E-state index in [0.29, 0.717) is 29.9 Å². The Hall–Kier alpha value is -3.79. The average molecular weight is 436 g/mol. The smallest absolute Gasteiger partial charge is 0.327 e. The molecule has 166 valence electrons. The van der Waals surface area contributed by atoms with Crippen molar-refractivity contribution in [1.29, 1.82) is 0 Å². The Balaban J connectivity index is 1.51. The van der Waals surface area contributed by atoms with Crippen LogP contribution in [-0.4, -0.2) is 63.7 Å². The van der Waals surface area contributed by atoms with Crippen molar-refractivity contribution >= 4 is 29.4 Å². The number of imide groups is 1. The summed E-state index contributed by atoms with van der Waals surface area (Å²) in [5.74, 6) is -1.26. The van der Waals surface area contributed by atoms with E-state index in [1.54, 1.807) is 36.5 Å². The molecule has 2 fully saturated rings. The van der Waals surface area contributed by atoms with Gasteiger partial charge in [-0.15, -0.1) is 0 Å². The Kier molecular flexibility index (Phi) is 6.13. The molecule has 2 aliphatic heterocycles. The van der Waals surface area contributed by atoms with E-state index in [9.17, 15) is 19.2 Å². The zero-order valence-corrected chi connectivity index (χ0v) is 17.4. The van der Waals surface area contributed by atoms with E-state index in [1.165, 1.54) is 17.0 Å². The minimum atomic E-state index is -0.562. The normalized spacial score (nSPS) is 20.6. The first-order chi connectivity index (χ1) is 15.4. The van der Waals surface area contributed by atoms with Crippen molar-refractivity contribution in [3.05, 3.63) is 59.9 Å². The molecule has 10 heteroatoms. The summed E-state index contributed by atoms with van der Waals surface area (Å²) in [6.45, 7) is 0.506. The lowest BCUT2D eigenvalue weighted by molar-refractivity contribution is -0.138. The molecule has 0 bridgehead atoms. The van der Waals surface area contributed by atoms with Gasteiger partial charge >= 0.3 is 6.03 Å². The fourth-order valence-corrected chi connectivity index (χ4v) is 4.08. The molecule has 0 radical (unpaired) electrons. The monoisotopic (exact) mass is 436 g/mol. The number of hydrogen-bond acceptors (Lipinski definition) is 6. The van der Waals surface area contributed by atoms with E-state index >= 15 is 0 Å². The molecule has 2 unspecified atom stereocenters. The second-order valence-corrected chi connectivity index (χ2v) is 7.79. The van der Waals surface area contributed by atoms with Gasteiger partial charge in [0.25, 0.3) is 0 Å². The predicted octanol–water partition coefficient (Wildman–Crippen LogP) is 0.704. The number of anilines is 1.